The highest BCUT2D eigenvalue weighted by atomic mass is 127. The van der Waals surface area contributed by atoms with Gasteiger partial charge < -0.3 is 0 Å². The third-order valence-corrected chi connectivity index (χ3v) is 2.64. The first-order chi connectivity index (χ1) is 4.86. The molecule has 54 valence electrons. The largest absolute Gasteiger partial charge is 0.265 e. The third kappa shape index (κ3) is 1.87. The van der Waals surface area contributed by atoms with Gasteiger partial charge in [-0.25, -0.2) is 0 Å². The zero-order chi connectivity index (χ0) is 7.40. The van der Waals surface area contributed by atoms with Crippen LogP contribution in [0.3, 0.4) is 0 Å². The van der Waals surface area contributed by atoms with Crippen LogP contribution in [0.2, 0.25) is 0 Å². The van der Waals surface area contributed by atoms with Gasteiger partial charge in [0.2, 0.25) is 0 Å². The second-order valence-corrected chi connectivity index (χ2v) is 3.74. The summed E-state index contributed by atoms with van der Waals surface area (Å²) in [6.07, 6.45) is 1.05. The van der Waals surface area contributed by atoms with E-state index in [2.05, 4.69) is 6.92 Å². The average Bonchev–Trinajstić information content (AvgIpc) is 2.05. The Morgan fingerprint density at radius 1 is 1.30 bits per heavy atom. The highest BCUT2D eigenvalue weighted by Gasteiger charge is 1.89. The molecule has 0 unspecified atom stereocenters. The Hall–Kier alpha value is -0.250. The molecule has 0 atom stereocenters. The second-order valence-electron chi connectivity index (χ2n) is 2.06. The Labute approximate surface area is 71.1 Å². The topological polar surface area (TPSA) is 17.1 Å². The fourth-order valence-corrected chi connectivity index (χ4v) is 1.42. The molecule has 0 aliphatic rings. The van der Waals surface area contributed by atoms with Crippen LogP contribution in [0.15, 0.2) is 24.3 Å². The smallest absolute Gasteiger partial charge is 0.182 e. The van der Waals surface area contributed by atoms with Crippen molar-refractivity contribution in [3.63, 3.8) is 0 Å². The molecule has 0 spiro atoms. The van der Waals surface area contributed by atoms with Gasteiger partial charge in [0.25, 0.3) is 0 Å². The summed E-state index contributed by atoms with van der Waals surface area (Å²) in [4.78, 5) is 0. The summed E-state index contributed by atoms with van der Waals surface area (Å²) in [7, 11) is 0. The third-order valence-electron chi connectivity index (χ3n) is 1.41. The van der Waals surface area contributed by atoms with Gasteiger partial charge in [-0.15, -0.1) is 0 Å². The van der Waals surface area contributed by atoms with Gasteiger partial charge in [0.15, 0.2) is 21.2 Å². The van der Waals surface area contributed by atoms with Crippen molar-refractivity contribution in [1.82, 2.24) is 0 Å². The SMILES string of the molecule is CCc1ccc(I=O)cc1. The van der Waals surface area contributed by atoms with Crippen molar-refractivity contribution in [1.29, 1.82) is 0 Å². The number of rotatable bonds is 2. The summed E-state index contributed by atoms with van der Waals surface area (Å²) in [5.41, 5.74) is 1.31. The maximum absolute atomic E-state index is 10.4. The van der Waals surface area contributed by atoms with Gasteiger partial charge in [-0.05, 0) is 24.1 Å². The fraction of sp³-hybridized carbons (Fsp3) is 0.250. The van der Waals surface area contributed by atoms with Crippen LogP contribution in [-0.4, -0.2) is 0 Å². The van der Waals surface area contributed by atoms with E-state index in [0.717, 1.165) is 9.99 Å². The van der Waals surface area contributed by atoms with Crippen LogP contribution in [0.25, 0.3) is 0 Å². The lowest BCUT2D eigenvalue weighted by Crippen LogP contribution is -1.78. The molecule has 10 heavy (non-hydrogen) atoms. The van der Waals surface area contributed by atoms with Crippen molar-refractivity contribution in [2.45, 2.75) is 13.3 Å². The van der Waals surface area contributed by atoms with E-state index >= 15 is 0 Å². The molecule has 0 aliphatic carbocycles. The first kappa shape index (κ1) is 7.85. The van der Waals surface area contributed by atoms with Gasteiger partial charge in [-0.1, -0.05) is 19.1 Å². The van der Waals surface area contributed by atoms with E-state index in [1.165, 1.54) is 5.56 Å². The fourth-order valence-electron chi connectivity index (χ4n) is 0.772. The first-order valence-electron chi connectivity index (χ1n) is 3.23. The lowest BCUT2D eigenvalue weighted by Gasteiger charge is -1.93. The summed E-state index contributed by atoms with van der Waals surface area (Å²) in [6, 6.07) is 7.96. The molecule has 1 rings (SSSR count). The van der Waals surface area contributed by atoms with Crippen LogP contribution in [0.5, 0.6) is 0 Å². The lowest BCUT2D eigenvalue weighted by atomic mass is 10.2. The van der Waals surface area contributed by atoms with Crippen molar-refractivity contribution >= 4 is 21.2 Å². The molecule has 0 amide bonds. The number of aryl methyl sites for hydroxylation is 1. The maximum atomic E-state index is 10.4. The Morgan fingerprint density at radius 3 is 2.30 bits per heavy atom. The molecule has 1 nitrogen and oxygen atoms in total. The predicted molar refractivity (Wildman–Crippen MR) is 49.2 cm³/mol. The number of benzene rings is 1. The van der Waals surface area contributed by atoms with Crippen molar-refractivity contribution < 1.29 is 3.07 Å². The van der Waals surface area contributed by atoms with Gasteiger partial charge in [0.1, 0.15) is 0 Å². The first-order valence-corrected chi connectivity index (χ1v) is 5.18. The van der Waals surface area contributed by atoms with E-state index in [1.807, 2.05) is 24.3 Å². The maximum Gasteiger partial charge on any atom is 0.182 e. The molecular formula is C8H9IO. The molecule has 0 aromatic heterocycles. The summed E-state index contributed by atoms with van der Waals surface area (Å²) in [6.45, 7) is 2.11. The van der Waals surface area contributed by atoms with E-state index in [1.54, 1.807) is 0 Å². The van der Waals surface area contributed by atoms with Gasteiger partial charge >= 0.3 is 0 Å². The van der Waals surface area contributed by atoms with Crippen LogP contribution in [-0.2, 0) is 9.49 Å². The highest BCUT2D eigenvalue weighted by Crippen LogP contribution is 2.10. The van der Waals surface area contributed by atoms with E-state index in [0.29, 0.717) is 0 Å². The van der Waals surface area contributed by atoms with Crippen molar-refractivity contribution in [3.05, 3.63) is 33.4 Å². The van der Waals surface area contributed by atoms with Gasteiger partial charge in [-0.2, -0.15) is 0 Å². The molecule has 0 radical (unpaired) electrons. The molecule has 0 aliphatic heterocycles. The van der Waals surface area contributed by atoms with Crippen molar-refractivity contribution in [2.24, 2.45) is 0 Å². The Bertz CT molecular complexity index is 215. The summed E-state index contributed by atoms with van der Waals surface area (Å²) in [5.74, 6) is 0. The number of hydrogen-bond donors (Lipinski definition) is 0. The average molecular weight is 248 g/mol. The van der Waals surface area contributed by atoms with Crippen molar-refractivity contribution in [3.8, 4) is 0 Å². The van der Waals surface area contributed by atoms with Crippen LogP contribution in [0.4, 0.5) is 0 Å². The van der Waals surface area contributed by atoms with Gasteiger partial charge in [-0.3, -0.25) is 3.07 Å². The van der Waals surface area contributed by atoms with Crippen LogP contribution in [0, 0.1) is 3.57 Å². The normalized spacial score (nSPS) is 9.70. The molecule has 0 bridgehead atoms. The quantitative estimate of drug-likeness (QED) is 0.735. The van der Waals surface area contributed by atoms with Crippen LogP contribution < -0.4 is 0 Å². The van der Waals surface area contributed by atoms with E-state index in [-0.39, 0.29) is 0 Å². The Morgan fingerprint density at radius 2 is 1.90 bits per heavy atom. The standard InChI is InChI=1S/C8H9IO/c1-2-7-3-5-8(9-10)6-4-7/h3-6H,2H2,1H3. The van der Waals surface area contributed by atoms with Gasteiger partial charge in [0.05, 0.1) is 0 Å². The predicted octanol–water partition coefficient (Wildman–Crippen LogP) is 2.73. The molecule has 0 saturated heterocycles. The summed E-state index contributed by atoms with van der Waals surface area (Å²) in [5, 5.41) is 0. The van der Waals surface area contributed by atoms with Crippen LogP contribution >= 0.6 is 21.2 Å². The second kappa shape index (κ2) is 3.81. The summed E-state index contributed by atoms with van der Waals surface area (Å²) >= 11 is -0.959. The highest BCUT2D eigenvalue weighted by molar-refractivity contribution is 14.1. The minimum absolute atomic E-state index is 0.959. The Kier molecular flexibility index (Phi) is 2.99. The number of halogens is 1. The molecular weight excluding hydrogens is 239 g/mol. The lowest BCUT2D eigenvalue weighted by molar-refractivity contribution is 0.648. The van der Waals surface area contributed by atoms with Gasteiger partial charge in [0, 0.05) is 3.57 Å². The zero-order valence-corrected chi connectivity index (χ0v) is 7.96. The van der Waals surface area contributed by atoms with E-state index in [9.17, 15) is 3.07 Å². The molecule has 1 aromatic rings. The van der Waals surface area contributed by atoms with E-state index < -0.39 is 21.2 Å². The minimum atomic E-state index is -0.959. The molecule has 0 fully saturated rings. The molecule has 1 aromatic carbocycles. The molecule has 0 N–H and O–H groups in total. The Balaban J connectivity index is 2.90. The molecule has 0 saturated carbocycles. The summed E-state index contributed by atoms with van der Waals surface area (Å²) < 4.78 is 11.4. The monoisotopic (exact) mass is 248 g/mol. The van der Waals surface area contributed by atoms with Crippen LogP contribution in [0.1, 0.15) is 12.5 Å². The zero-order valence-electron chi connectivity index (χ0n) is 5.80. The molecule has 0 heterocycles. The van der Waals surface area contributed by atoms with Crippen molar-refractivity contribution in [2.75, 3.05) is 0 Å². The number of hydrogen-bond acceptors (Lipinski definition) is 1. The van der Waals surface area contributed by atoms with E-state index in [4.69, 9.17) is 0 Å². The minimum Gasteiger partial charge on any atom is -0.265 e. The molecule has 2 heteroatoms.